The second-order valence-electron chi connectivity index (χ2n) is 6.44. The van der Waals surface area contributed by atoms with Gasteiger partial charge in [-0.2, -0.15) is 13.2 Å². The Bertz CT molecular complexity index is 648. The third kappa shape index (κ3) is 3.24. The molecule has 1 aliphatic carbocycles. The van der Waals surface area contributed by atoms with Crippen LogP contribution >= 0.6 is 0 Å². The van der Waals surface area contributed by atoms with Gasteiger partial charge in [0.05, 0.1) is 19.3 Å². The zero-order valence-corrected chi connectivity index (χ0v) is 13.7. The summed E-state index contributed by atoms with van der Waals surface area (Å²) in [6, 6.07) is -0.0519. The van der Waals surface area contributed by atoms with Gasteiger partial charge in [-0.1, -0.05) is 0 Å². The zero-order chi connectivity index (χ0) is 17.5. The van der Waals surface area contributed by atoms with Gasteiger partial charge in [0.15, 0.2) is 5.69 Å². The van der Waals surface area contributed by atoms with E-state index in [0.717, 1.165) is 0 Å². The third-order valence-electron chi connectivity index (χ3n) is 4.65. The summed E-state index contributed by atoms with van der Waals surface area (Å²) in [5.41, 5.74) is -0.384. The monoisotopic (exact) mass is 343 g/mol. The fourth-order valence-corrected chi connectivity index (χ4v) is 3.47. The van der Waals surface area contributed by atoms with Gasteiger partial charge >= 0.3 is 6.18 Å². The van der Waals surface area contributed by atoms with E-state index < -0.39 is 17.8 Å². The van der Waals surface area contributed by atoms with Gasteiger partial charge in [0.1, 0.15) is 5.82 Å². The van der Waals surface area contributed by atoms with Crippen molar-refractivity contribution in [3.63, 3.8) is 0 Å². The number of ether oxygens (including phenoxy) is 1. The SMILES string of the molecule is Cc1nc2c(c(C(F)(F)F)n1)C[C@@H](C(=O)N1CCOC[C@H]1C)CC2. The quantitative estimate of drug-likeness (QED) is 0.784. The molecule has 0 N–H and O–H groups in total. The van der Waals surface area contributed by atoms with Crippen LogP contribution in [-0.2, 0) is 28.5 Å². The number of hydrogen-bond donors (Lipinski definition) is 0. The predicted octanol–water partition coefficient (Wildman–Crippen LogP) is 2.16. The number of aryl methyl sites for hydroxylation is 2. The minimum Gasteiger partial charge on any atom is -0.377 e. The summed E-state index contributed by atoms with van der Waals surface area (Å²) in [6.45, 7) is 4.77. The van der Waals surface area contributed by atoms with Crippen molar-refractivity contribution in [1.29, 1.82) is 0 Å². The minimum absolute atomic E-state index is 0.0490. The number of nitrogens with zero attached hydrogens (tertiary/aromatic N) is 3. The molecule has 132 valence electrons. The van der Waals surface area contributed by atoms with Crippen LogP contribution in [0.4, 0.5) is 13.2 Å². The van der Waals surface area contributed by atoms with Gasteiger partial charge in [-0.3, -0.25) is 4.79 Å². The van der Waals surface area contributed by atoms with Crippen LogP contribution in [0.3, 0.4) is 0 Å². The summed E-state index contributed by atoms with van der Waals surface area (Å²) in [6.07, 6.45) is -3.59. The molecule has 0 aromatic carbocycles. The molecule has 3 rings (SSSR count). The van der Waals surface area contributed by atoms with E-state index in [2.05, 4.69) is 9.97 Å². The Morgan fingerprint density at radius 2 is 2.08 bits per heavy atom. The fourth-order valence-electron chi connectivity index (χ4n) is 3.47. The van der Waals surface area contributed by atoms with Gasteiger partial charge in [0, 0.05) is 23.7 Å². The number of carbonyl (C=O) groups is 1. The molecule has 1 saturated heterocycles. The number of hydrogen-bond acceptors (Lipinski definition) is 4. The van der Waals surface area contributed by atoms with E-state index >= 15 is 0 Å². The minimum atomic E-state index is -4.53. The van der Waals surface area contributed by atoms with Gasteiger partial charge in [-0.05, 0) is 33.1 Å². The topological polar surface area (TPSA) is 55.3 Å². The predicted molar refractivity (Wildman–Crippen MR) is 79.3 cm³/mol. The van der Waals surface area contributed by atoms with Gasteiger partial charge in [-0.25, -0.2) is 9.97 Å². The van der Waals surface area contributed by atoms with E-state index in [9.17, 15) is 18.0 Å². The van der Waals surface area contributed by atoms with E-state index in [1.165, 1.54) is 6.92 Å². The summed E-state index contributed by atoms with van der Waals surface area (Å²) in [5, 5.41) is 0. The second kappa shape index (κ2) is 6.31. The normalized spacial score (nSPS) is 24.6. The molecule has 24 heavy (non-hydrogen) atoms. The highest BCUT2D eigenvalue weighted by Crippen LogP contribution is 2.36. The summed E-state index contributed by atoms with van der Waals surface area (Å²) >= 11 is 0. The standard InChI is InChI=1S/C16H20F3N3O2/c1-9-8-24-6-5-22(9)15(23)11-3-4-13-12(7-11)14(16(17,18)19)21-10(2)20-13/h9,11H,3-8H2,1-2H3/t9-,11+/m1/s1. The zero-order valence-electron chi connectivity index (χ0n) is 13.7. The van der Waals surface area contributed by atoms with Gasteiger partial charge in [0.25, 0.3) is 0 Å². The van der Waals surface area contributed by atoms with E-state index in [1.54, 1.807) is 4.90 Å². The van der Waals surface area contributed by atoms with Crippen molar-refractivity contribution in [3.05, 3.63) is 22.8 Å². The number of morpholine rings is 1. The lowest BCUT2D eigenvalue weighted by molar-refractivity contribution is -0.146. The molecule has 1 aromatic rings. The molecule has 0 bridgehead atoms. The van der Waals surface area contributed by atoms with Crippen molar-refractivity contribution >= 4 is 5.91 Å². The average Bonchev–Trinajstić information content (AvgIpc) is 2.52. The molecule has 1 fully saturated rings. The molecular weight excluding hydrogens is 323 g/mol. The smallest absolute Gasteiger partial charge is 0.377 e. The summed E-state index contributed by atoms with van der Waals surface area (Å²) in [7, 11) is 0. The maximum atomic E-state index is 13.3. The first kappa shape index (κ1) is 17.1. The molecule has 0 radical (unpaired) electrons. The lowest BCUT2D eigenvalue weighted by atomic mass is 9.84. The molecule has 0 spiro atoms. The van der Waals surface area contributed by atoms with Crippen molar-refractivity contribution in [2.75, 3.05) is 19.8 Å². The number of alkyl halides is 3. The molecule has 0 saturated carbocycles. The molecule has 1 aromatic heterocycles. The Labute approximate surface area is 138 Å². The summed E-state index contributed by atoms with van der Waals surface area (Å²) in [4.78, 5) is 22.2. The van der Waals surface area contributed by atoms with E-state index in [-0.39, 0.29) is 29.8 Å². The van der Waals surface area contributed by atoms with Crippen LogP contribution in [0.15, 0.2) is 0 Å². The van der Waals surface area contributed by atoms with Gasteiger partial charge in [0.2, 0.25) is 5.91 Å². The van der Waals surface area contributed by atoms with Crippen LogP contribution in [0, 0.1) is 12.8 Å². The molecular formula is C16H20F3N3O2. The number of carbonyl (C=O) groups excluding carboxylic acids is 1. The van der Waals surface area contributed by atoms with Crippen molar-refractivity contribution < 1.29 is 22.7 Å². The van der Waals surface area contributed by atoms with Crippen LogP contribution in [0.1, 0.15) is 36.1 Å². The molecule has 0 unspecified atom stereocenters. The van der Waals surface area contributed by atoms with E-state index in [1.807, 2.05) is 6.92 Å². The highest BCUT2D eigenvalue weighted by molar-refractivity contribution is 5.80. The molecule has 5 nitrogen and oxygen atoms in total. The summed E-state index contributed by atoms with van der Waals surface area (Å²) < 4.78 is 45.2. The molecule has 2 aliphatic rings. The Morgan fingerprint density at radius 3 is 2.75 bits per heavy atom. The first-order valence-electron chi connectivity index (χ1n) is 8.09. The van der Waals surface area contributed by atoms with Crippen LogP contribution in [0.5, 0.6) is 0 Å². The first-order valence-corrected chi connectivity index (χ1v) is 8.09. The maximum Gasteiger partial charge on any atom is 0.433 e. The van der Waals surface area contributed by atoms with E-state index in [0.29, 0.717) is 38.3 Å². The van der Waals surface area contributed by atoms with Crippen molar-refractivity contribution in [2.24, 2.45) is 5.92 Å². The molecule has 2 atom stereocenters. The Hall–Kier alpha value is -1.70. The maximum absolute atomic E-state index is 13.3. The number of aromatic nitrogens is 2. The summed E-state index contributed by atoms with van der Waals surface area (Å²) in [5.74, 6) is -0.428. The third-order valence-corrected chi connectivity index (χ3v) is 4.65. The largest absolute Gasteiger partial charge is 0.433 e. The van der Waals surface area contributed by atoms with Crippen LogP contribution in [0.2, 0.25) is 0 Å². The molecule has 1 amide bonds. The Morgan fingerprint density at radius 1 is 1.33 bits per heavy atom. The highest BCUT2D eigenvalue weighted by atomic mass is 19.4. The van der Waals surface area contributed by atoms with Crippen LogP contribution < -0.4 is 0 Å². The Balaban J connectivity index is 1.87. The van der Waals surface area contributed by atoms with Crippen LogP contribution in [0.25, 0.3) is 0 Å². The molecule has 1 aliphatic heterocycles. The molecule has 2 heterocycles. The lowest BCUT2D eigenvalue weighted by Gasteiger charge is -2.37. The number of amides is 1. The van der Waals surface area contributed by atoms with Crippen molar-refractivity contribution in [2.45, 2.75) is 45.3 Å². The lowest BCUT2D eigenvalue weighted by Crippen LogP contribution is -2.50. The van der Waals surface area contributed by atoms with Crippen molar-refractivity contribution in [1.82, 2.24) is 14.9 Å². The van der Waals surface area contributed by atoms with Gasteiger partial charge < -0.3 is 9.64 Å². The Kier molecular flexibility index (Phi) is 4.50. The molecule has 8 heteroatoms. The number of halogens is 3. The number of fused-ring (bicyclic) bond motifs is 1. The second-order valence-corrected chi connectivity index (χ2v) is 6.44. The fraction of sp³-hybridized carbons (Fsp3) is 0.688. The average molecular weight is 343 g/mol. The van der Waals surface area contributed by atoms with Gasteiger partial charge in [-0.15, -0.1) is 0 Å². The number of rotatable bonds is 1. The van der Waals surface area contributed by atoms with Crippen LogP contribution in [-0.4, -0.2) is 46.6 Å². The first-order chi connectivity index (χ1) is 11.3. The van der Waals surface area contributed by atoms with Crippen molar-refractivity contribution in [3.8, 4) is 0 Å². The highest BCUT2D eigenvalue weighted by Gasteiger charge is 2.41. The van der Waals surface area contributed by atoms with E-state index in [4.69, 9.17) is 4.74 Å².